The molecule has 4 heteroatoms. The van der Waals surface area contributed by atoms with E-state index in [0.29, 0.717) is 11.6 Å². The summed E-state index contributed by atoms with van der Waals surface area (Å²) < 4.78 is 62.4. The van der Waals surface area contributed by atoms with E-state index in [1.807, 2.05) is 24.3 Å². The molecule has 0 aromatic heterocycles. The first-order chi connectivity index (χ1) is 12.4. The lowest BCUT2D eigenvalue weighted by Gasteiger charge is -2.09. The Hall–Kier alpha value is -2.62. The summed E-state index contributed by atoms with van der Waals surface area (Å²) in [5, 5.41) is 0. The molecule has 0 aliphatic rings. The van der Waals surface area contributed by atoms with E-state index in [0.717, 1.165) is 18.4 Å². The van der Waals surface area contributed by atoms with Crippen molar-refractivity contribution in [1.82, 2.24) is 0 Å². The van der Waals surface area contributed by atoms with Gasteiger partial charge in [0.05, 0.1) is 1.37 Å². The molecule has 0 saturated carbocycles. The fourth-order valence-electron chi connectivity index (χ4n) is 2.71. The Bertz CT molecular complexity index is 949. The molecular formula is C21H16F4. The molecule has 0 unspecified atom stereocenters. The molecule has 0 heterocycles. The van der Waals surface area contributed by atoms with Crippen LogP contribution in [0.3, 0.4) is 0 Å². The van der Waals surface area contributed by atoms with E-state index in [2.05, 4.69) is 6.92 Å². The molecule has 0 nitrogen and oxygen atoms in total. The lowest BCUT2D eigenvalue weighted by atomic mass is 9.98. The highest BCUT2D eigenvalue weighted by atomic mass is 19.2. The Morgan fingerprint density at radius 2 is 1.40 bits per heavy atom. The van der Waals surface area contributed by atoms with Crippen LogP contribution in [0.15, 0.2) is 54.6 Å². The summed E-state index contributed by atoms with van der Waals surface area (Å²) in [6.07, 6.45) is 1.99. The number of halogens is 4. The summed E-state index contributed by atoms with van der Waals surface area (Å²) in [6.45, 7) is 2.09. The van der Waals surface area contributed by atoms with Crippen molar-refractivity contribution in [2.24, 2.45) is 0 Å². The second-order valence-corrected chi connectivity index (χ2v) is 5.80. The quantitative estimate of drug-likeness (QED) is 0.372. The molecule has 3 rings (SSSR count). The Balaban J connectivity index is 2.01. The van der Waals surface area contributed by atoms with Gasteiger partial charge < -0.3 is 0 Å². The first-order valence-corrected chi connectivity index (χ1v) is 7.95. The first-order valence-electron chi connectivity index (χ1n) is 8.45. The highest BCUT2D eigenvalue weighted by molar-refractivity contribution is 5.71. The molecule has 0 aliphatic heterocycles. The molecule has 0 spiro atoms. The summed E-state index contributed by atoms with van der Waals surface area (Å²) in [5.74, 6) is -5.56. The minimum Gasteiger partial charge on any atom is -0.206 e. The standard InChI is InChI=1S/C21H16F4/c1-2-3-13-4-6-14(7-5-13)15-8-9-17(18(22)10-15)16-11-19(23)21(25)20(24)12-16/h4-12H,2-3H2,1H3/i11D. The second kappa shape index (κ2) is 7.09. The zero-order valence-electron chi connectivity index (χ0n) is 14.5. The van der Waals surface area contributed by atoms with Crippen molar-refractivity contribution in [3.63, 3.8) is 0 Å². The van der Waals surface area contributed by atoms with Crippen molar-refractivity contribution in [2.45, 2.75) is 19.8 Å². The van der Waals surface area contributed by atoms with Gasteiger partial charge in [-0.05, 0) is 46.8 Å². The third-order valence-corrected chi connectivity index (χ3v) is 4.00. The van der Waals surface area contributed by atoms with E-state index in [1.165, 1.54) is 17.7 Å². The van der Waals surface area contributed by atoms with Crippen LogP contribution >= 0.6 is 0 Å². The van der Waals surface area contributed by atoms with Crippen LogP contribution in [-0.4, -0.2) is 0 Å². The fourth-order valence-corrected chi connectivity index (χ4v) is 2.71. The number of rotatable bonds is 4. The van der Waals surface area contributed by atoms with Gasteiger partial charge in [0.1, 0.15) is 5.82 Å². The van der Waals surface area contributed by atoms with E-state index >= 15 is 0 Å². The van der Waals surface area contributed by atoms with Crippen molar-refractivity contribution < 1.29 is 18.9 Å². The minimum atomic E-state index is -1.73. The number of aryl methyl sites for hydroxylation is 1. The van der Waals surface area contributed by atoms with E-state index in [1.54, 1.807) is 6.07 Å². The normalized spacial score (nSPS) is 11.5. The zero-order chi connectivity index (χ0) is 18.8. The molecule has 0 N–H and O–H groups in total. The largest absolute Gasteiger partial charge is 0.206 e. The van der Waals surface area contributed by atoms with Gasteiger partial charge >= 0.3 is 0 Å². The fraction of sp³-hybridized carbons (Fsp3) is 0.143. The topological polar surface area (TPSA) is 0 Å². The van der Waals surface area contributed by atoms with Crippen LogP contribution < -0.4 is 0 Å². The molecule has 128 valence electrons. The van der Waals surface area contributed by atoms with Crippen LogP contribution in [0.1, 0.15) is 20.3 Å². The molecule has 0 saturated heterocycles. The average molecular weight is 345 g/mol. The van der Waals surface area contributed by atoms with E-state index in [4.69, 9.17) is 1.37 Å². The Morgan fingerprint density at radius 1 is 0.760 bits per heavy atom. The van der Waals surface area contributed by atoms with Gasteiger partial charge in [0.2, 0.25) is 0 Å². The molecule has 0 radical (unpaired) electrons. The Kier molecular flexibility index (Phi) is 4.51. The predicted molar refractivity (Wildman–Crippen MR) is 91.1 cm³/mol. The van der Waals surface area contributed by atoms with Crippen molar-refractivity contribution in [1.29, 1.82) is 0 Å². The van der Waals surface area contributed by atoms with Gasteiger partial charge in [0, 0.05) is 5.56 Å². The molecule has 0 aliphatic carbocycles. The van der Waals surface area contributed by atoms with Gasteiger partial charge in [-0.3, -0.25) is 0 Å². The third-order valence-electron chi connectivity index (χ3n) is 4.00. The number of benzene rings is 3. The van der Waals surface area contributed by atoms with Crippen molar-refractivity contribution >= 4 is 0 Å². The molecule has 3 aromatic rings. The zero-order valence-corrected chi connectivity index (χ0v) is 13.5. The average Bonchev–Trinajstić information content (AvgIpc) is 2.64. The van der Waals surface area contributed by atoms with Gasteiger partial charge in [-0.25, -0.2) is 17.6 Å². The van der Waals surface area contributed by atoms with Crippen molar-refractivity contribution in [2.75, 3.05) is 0 Å². The molecular weight excluding hydrogens is 328 g/mol. The summed E-state index contributed by atoms with van der Waals surface area (Å²) in [6, 6.07) is 11.6. The summed E-state index contributed by atoms with van der Waals surface area (Å²) in [7, 11) is 0. The van der Waals surface area contributed by atoms with Crippen molar-refractivity contribution in [3.8, 4) is 22.3 Å². The van der Waals surface area contributed by atoms with Crippen molar-refractivity contribution in [3.05, 3.63) is 83.4 Å². The number of hydrogen-bond donors (Lipinski definition) is 0. The second-order valence-electron chi connectivity index (χ2n) is 5.80. The van der Waals surface area contributed by atoms with E-state index in [9.17, 15) is 17.6 Å². The smallest absolute Gasteiger partial charge is 0.194 e. The number of hydrogen-bond acceptors (Lipinski definition) is 0. The predicted octanol–water partition coefficient (Wildman–Crippen LogP) is 6.53. The van der Waals surface area contributed by atoms with Gasteiger partial charge in [-0.1, -0.05) is 49.7 Å². The van der Waals surface area contributed by atoms with Crippen LogP contribution in [0.2, 0.25) is 0 Å². The van der Waals surface area contributed by atoms with E-state index < -0.39 is 29.3 Å². The van der Waals surface area contributed by atoms with Crippen LogP contribution in [0.5, 0.6) is 0 Å². The van der Waals surface area contributed by atoms with Crippen LogP contribution in [-0.2, 0) is 6.42 Å². The first kappa shape index (κ1) is 15.9. The third kappa shape index (κ3) is 3.58. The van der Waals surface area contributed by atoms with Gasteiger partial charge in [0.15, 0.2) is 17.5 Å². The van der Waals surface area contributed by atoms with Crippen LogP contribution in [0, 0.1) is 23.3 Å². The molecule has 0 fully saturated rings. The molecule has 0 atom stereocenters. The summed E-state index contributed by atoms with van der Waals surface area (Å²) in [4.78, 5) is 0. The van der Waals surface area contributed by atoms with Gasteiger partial charge in [0.25, 0.3) is 0 Å². The lowest BCUT2D eigenvalue weighted by Crippen LogP contribution is -1.94. The lowest BCUT2D eigenvalue weighted by molar-refractivity contribution is 0.447. The van der Waals surface area contributed by atoms with Gasteiger partial charge in [-0.15, -0.1) is 0 Å². The Labute approximate surface area is 145 Å². The van der Waals surface area contributed by atoms with Crippen LogP contribution in [0.25, 0.3) is 22.3 Å². The maximum atomic E-state index is 14.5. The van der Waals surface area contributed by atoms with E-state index in [-0.39, 0.29) is 11.1 Å². The van der Waals surface area contributed by atoms with Gasteiger partial charge in [-0.2, -0.15) is 0 Å². The Morgan fingerprint density at radius 3 is 2.04 bits per heavy atom. The minimum absolute atomic E-state index is 0.154. The summed E-state index contributed by atoms with van der Waals surface area (Å²) in [5.41, 5.74) is 2.11. The molecule has 0 bridgehead atoms. The molecule has 0 amide bonds. The maximum Gasteiger partial charge on any atom is 0.194 e. The highest BCUT2D eigenvalue weighted by Crippen LogP contribution is 2.30. The SMILES string of the molecule is [2H]c1c(-c2ccc(-c3ccc(CCC)cc3)cc2F)cc(F)c(F)c1F. The maximum absolute atomic E-state index is 14.5. The van der Waals surface area contributed by atoms with Crippen LogP contribution in [0.4, 0.5) is 17.6 Å². The molecule has 3 aromatic carbocycles. The molecule has 25 heavy (non-hydrogen) atoms. The summed E-state index contributed by atoms with van der Waals surface area (Å²) >= 11 is 0. The monoisotopic (exact) mass is 345 g/mol. The highest BCUT2D eigenvalue weighted by Gasteiger charge is 2.14.